The summed E-state index contributed by atoms with van der Waals surface area (Å²) in [6.07, 6.45) is 13.5. The van der Waals surface area contributed by atoms with E-state index in [1.54, 1.807) is 4.57 Å². The summed E-state index contributed by atoms with van der Waals surface area (Å²) >= 11 is 0. The molecule has 1 aromatic carbocycles. The van der Waals surface area contributed by atoms with E-state index in [1.165, 1.54) is 0 Å². The lowest BCUT2D eigenvalue weighted by Gasteiger charge is -2.32. The molecule has 4 heterocycles. The molecule has 3 aromatic heterocycles. The van der Waals surface area contributed by atoms with Crippen molar-refractivity contribution in [2.45, 2.75) is 58.0 Å². The van der Waals surface area contributed by atoms with Crippen molar-refractivity contribution >= 4 is 6.21 Å². The number of aromatic amines is 1. The van der Waals surface area contributed by atoms with E-state index in [4.69, 9.17) is 0 Å². The summed E-state index contributed by atoms with van der Waals surface area (Å²) in [6.45, 7) is 5.58. The Balaban J connectivity index is 1.61. The summed E-state index contributed by atoms with van der Waals surface area (Å²) in [7, 11) is 0. The smallest absolute Gasteiger partial charge is 0.334 e. The number of unbranched alkanes of at least 4 members (excludes halogenated alkanes) is 1. The molecule has 0 radical (unpaired) electrons. The molecule has 1 aliphatic rings. The van der Waals surface area contributed by atoms with Gasteiger partial charge in [0, 0.05) is 54.6 Å². The number of benzene rings is 1. The molecule has 4 aromatic rings. The number of H-pyrrole nitrogens is 1. The number of aliphatic imine (C=N–C) groups is 1. The molecule has 1 N–H and O–H groups in total. The number of imidazole rings is 1. The first kappa shape index (κ1) is 22.8. The Hall–Kier alpha value is -4.01. The average molecular weight is 471 g/mol. The molecule has 0 bridgehead atoms. The Morgan fingerprint density at radius 3 is 2.83 bits per heavy atom. The topological polar surface area (TPSA) is 98.7 Å². The van der Waals surface area contributed by atoms with Crippen LogP contribution >= 0.6 is 0 Å². The predicted octanol–water partition coefficient (Wildman–Crippen LogP) is 3.91. The van der Waals surface area contributed by atoms with Crippen LogP contribution in [0.1, 0.15) is 44.4 Å². The van der Waals surface area contributed by atoms with Crippen LogP contribution in [0.15, 0.2) is 70.9 Å². The Kier molecular flexibility index (Phi) is 6.31. The minimum absolute atomic E-state index is 0.0193. The number of nitrogens with zero attached hydrogens (tertiary/aromatic N) is 7. The van der Waals surface area contributed by atoms with Gasteiger partial charge in [0.1, 0.15) is 5.82 Å². The highest BCUT2D eigenvalue weighted by molar-refractivity contribution is 5.65. The lowest BCUT2D eigenvalue weighted by Crippen LogP contribution is -2.37. The van der Waals surface area contributed by atoms with Crippen molar-refractivity contribution < 1.29 is 0 Å². The standard InChI is InChI=1S/C26H30N8O/c1-3-5-10-22-18-33(23-11-7-16-32(23)4-2)25(35)34(22)19-26(12-14-27-15-13-26)21-9-6-8-20(17-21)24-28-30-31-29-24/h6-9,11-12,14-18H,3-5,10,13,19H2,1-2H3,(H,28,29,30,31). The van der Waals surface area contributed by atoms with Gasteiger partial charge in [0.25, 0.3) is 0 Å². The van der Waals surface area contributed by atoms with Crippen LogP contribution in [0, 0.1) is 0 Å². The highest BCUT2D eigenvalue weighted by Crippen LogP contribution is 2.35. The molecule has 0 amide bonds. The Labute approximate surface area is 203 Å². The number of allylic oxidation sites excluding steroid dienone is 1. The molecule has 9 heteroatoms. The second-order valence-electron chi connectivity index (χ2n) is 8.94. The number of nitrogens with one attached hydrogen (secondary N) is 1. The Morgan fingerprint density at radius 1 is 1.17 bits per heavy atom. The molecule has 1 unspecified atom stereocenters. The second-order valence-corrected chi connectivity index (χ2v) is 8.94. The fourth-order valence-corrected chi connectivity index (χ4v) is 4.80. The van der Waals surface area contributed by atoms with Crippen LogP contribution < -0.4 is 5.69 Å². The molecule has 0 fully saturated rings. The zero-order valence-corrected chi connectivity index (χ0v) is 20.1. The third kappa shape index (κ3) is 4.29. The van der Waals surface area contributed by atoms with Crippen LogP contribution in [-0.2, 0) is 24.9 Å². The van der Waals surface area contributed by atoms with Gasteiger partial charge in [0.2, 0.25) is 5.82 Å². The van der Waals surface area contributed by atoms with Gasteiger partial charge in [-0.25, -0.2) is 4.79 Å². The summed E-state index contributed by atoms with van der Waals surface area (Å²) in [6, 6.07) is 12.1. The molecule has 35 heavy (non-hydrogen) atoms. The van der Waals surface area contributed by atoms with Crippen molar-refractivity contribution in [3.8, 4) is 17.2 Å². The maximum atomic E-state index is 13.8. The number of rotatable bonds is 9. The van der Waals surface area contributed by atoms with Gasteiger partial charge in [-0.15, -0.1) is 10.2 Å². The molecular formula is C26H30N8O. The lowest BCUT2D eigenvalue weighted by molar-refractivity contribution is 0.438. The molecule has 0 saturated carbocycles. The first-order valence-corrected chi connectivity index (χ1v) is 12.2. The number of hydrogen-bond donors (Lipinski definition) is 1. The first-order chi connectivity index (χ1) is 17.1. The minimum atomic E-state index is -0.425. The van der Waals surface area contributed by atoms with E-state index in [0.29, 0.717) is 18.8 Å². The summed E-state index contributed by atoms with van der Waals surface area (Å²) in [5, 5.41) is 14.5. The van der Waals surface area contributed by atoms with Crippen molar-refractivity contribution in [1.82, 2.24) is 34.3 Å². The van der Waals surface area contributed by atoms with Gasteiger partial charge >= 0.3 is 5.69 Å². The molecule has 5 rings (SSSR count). The Bertz CT molecular complexity index is 1410. The molecule has 0 saturated heterocycles. The fraction of sp³-hybridized carbons (Fsp3) is 0.346. The number of aryl methyl sites for hydroxylation is 2. The van der Waals surface area contributed by atoms with Crippen LogP contribution in [0.25, 0.3) is 17.2 Å². The minimum Gasteiger partial charge on any atom is -0.334 e. The third-order valence-electron chi connectivity index (χ3n) is 6.76. The first-order valence-electron chi connectivity index (χ1n) is 12.2. The van der Waals surface area contributed by atoms with Gasteiger partial charge in [-0.1, -0.05) is 37.6 Å². The molecular weight excluding hydrogens is 440 g/mol. The van der Waals surface area contributed by atoms with E-state index in [2.05, 4.69) is 62.2 Å². The number of hydrogen-bond acceptors (Lipinski definition) is 5. The zero-order chi connectivity index (χ0) is 24.3. The largest absolute Gasteiger partial charge is 0.334 e. The molecule has 1 atom stereocenters. The van der Waals surface area contributed by atoms with Crippen LogP contribution in [0.4, 0.5) is 0 Å². The van der Waals surface area contributed by atoms with E-state index in [-0.39, 0.29) is 5.69 Å². The van der Waals surface area contributed by atoms with Gasteiger partial charge in [0.05, 0.1) is 0 Å². The van der Waals surface area contributed by atoms with Gasteiger partial charge in [0.15, 0.2) is 0 Å². The summed E-state index contributed by atoms with van der Waals surface area (Å²) < 4.78 is 5.83. The SMILES string of the molecule is CCCCc1cn(-c2cccn2CC)c(=O)n1CC1(c2cccc(-c3nn[nH]n3)c2)C=CN=CC1. The van der Waals surface area contributed by atoms with Gasteiger partial charge in [-0.05, 0) is 55.2 Å². The predicted molar refractivity (Wildman–Crippen MR) is 136 cm³/mol. The summed E-state index contributed by atoms with van der Waals surface area (Å²) in [5.74, 6) is 1.44. The quantitative estimate of drug-likeness (QED) is 0.401. The van der Waals surface area contributed by atoms with Crippen LogP contribution in [0.2, 0.25) is 0 Å². The van der Waals surface area contributed by atoms with Crippen LogP contribution in [0.3, 0.4) is 0 Å². The van der Waals surface area contributed by atoms with E-state index in [1.807, 2.05) is 53.6 Å². The molecule has 0 aliphatic carbocycles. The number of tetrazole rings is 1. The monoisotopic (exact) mass is 470 g/mol. The fourth-order valence-electron chi connectivity index (χ4n) is 4.80. The van der Waals surface area contributed by atoms with E-state index in [0.717, 1.165) is 48.4 Å². The van der Waals surface area contributed by atoms with Gasteiger partial charge in [-0.3, -0.25) is 14.1 Å². The summed E-state index contributed by atoms with van der Waals surface area (Å²) in [4.78, 5) is 18.2. The Morgan fingerprint density at radius 2 is 2.09 bits per heavy atom. The maximum absolute atomic E-state index is 13.8. The van der Waals surface area contributed by atoms with E-state index < -0.39 is 5.41 Å². The lowest BCUT2D eigenvalue weighted by atomic mass is 9.76. The van der Waals surface area contributed by atoms with Crippen LogP contribution in [0.5, 0.6) is 0 Å². The number of aromatic nitrogens is 7. The van der Waals surface area contributed by atoms with Crippen molar-refractivity contribution in [3.05, 3.63) is 82.8 Å². The zero-order valence-electron chi connectivity index (χ0n) is 20.1. The normalized spacial score (nSPS) is 17.3. The van der Waals surface area contributed by atoms with Crippen molar-refractivity contribution in [1.29, 1.82) is 0 Å². The maximum Gasteiger partial charge on any atom is 0.334 e. The summed E-state index contributed by atoms with van der Waals surface area (Å²) in [5.41, 5.74) is 2.56. The van der Waals surface area contributed by atoms with E-state index >= 15 is 0 Å². The average Bonchev–Trinajstić information content (AvgIpc) is 3.65. The third-order valence-corrected chi connectivity index (χ3v) is 6.76. The highest BCUT2D eigenvalue weighted by atomic mass is 16.1. The highest BCUT2D eigenvalue weighted by Gasteiger charge is 2.33. The van der Waals surface area contributed by atoms with Crippen LogP contribution in [-0.4, -0.2) is 40.5 Å². The molecule has 1 aliphatic heterocycles. The molecule has 9 nitrogen and oxygen atoms in total. The van der Waals surface area contributed by atoms with Crippen molar-refractivity contribution in [2.75, 3.05) is 0 Å². The molecule has 0 spiro atoms. The second kappa shape index (κ2) is 9.69. The molecule has 180 valence electrons. The van der Waals surface area contributed by atoms with Crippen molar-refractivity contribution in [3.63, 3.8) is 0 Å². The van der Waals surface area contributed by atoms with Crippen molar-refractivity contribution in [2.24, 2.45) is 4.99 Å². The van der Waals surface area contributed by atoms with Gasteiger partial charge < -0.3 is 4.57 Å². The van der Waals surface area contributed by atoms with Gasteiger partial charge in [-0.2, -0.15) is 5.21 Å². The van der Waals surface area contributed by atoms with E-state index in [9.17, 15) is 4.79 Å².